The van der Waals surface area contributed by atoms with E-state index >= 15 is 0 Å². The molecule has 9 heteroatoms. The minimum atomic E-state index is -0.595. The maximum atomic E-state index is 12.0. The fraction of sp³-hybridized carbons (Fsp3) is 0.444. The van der Waals surface area contributed by atoms with Crippen LogP contribution in [0, 0.1) is 0 Å². The fourth-order valence-corrected chi connectivity index (χ4v) is 2.38. The molecule has 0 radical (unpaired) electrons. The van der Waals surface area contributed by atoms with E-state index in [2.05, 4.69) is 20.8 Å². The van der Waals surface area contributed by atoms with E-state index in [9.17, 15) is 9.59 Å². The van der Waals surface area contributed by atoms with Gasteiger partial charge in [0.2, 0.25) is 23.5 Å². The molecule has 0 aliphatic carbocycles. The van der Waals surface area contributed by atoms with Crippen LogP contribution in [0.5, 0.6) is 11.5 Å². The number of benzene rings is 1. The molecule has 27 heavy (non-hydrogen) atoms. The normalized spacial score (nSPS) is 11.6. The van der Waals surface area contributed by atoms with Gasteiger partial charge >= 0.3 is 0 Å². The number of hydrogen-bond donors (Lipinski definition) is 2. The van der Waals surface area contributed by atoms with Gasteiger partial charge < -0.3 is 24.6 Å². The molecule has 1 atom stereocenters. The first-order chi connectivity index (χ1) is 13.0. The molecular weight excluding hydrogens is 352 g/mol. The smallest absolute Gasteiger partial charge is 0.242 e. The lowest BCUT2D eigenvalue weighted by Gasteiger charge is -2.12. The van der Waals surface area contributed by atoms with Gasteiger partial charge in [-0.25, -0.2) is 0 Å². The molecule has 2 amide bonds. The molecule has 2 aromatic rings. The maximum absolute atomic E-state index is 12.0. The average Bonchev–Trinajstić information content (AvgIpc) is 3.15. The highest BCUT2D eigenvalue weighted by Gasteiger charge is 2.16. The van der Waals surface area contributed by atoms with E-state index in [-0.39, 0.29) is 24.7 Å². The maximum Gasteiger partial charge on any atom is 0.242 e. The van der Waals surface area contributed by atoms with Crippen LogP contribution < -0.4 is 20.1 Å². The molecule has 1 aromatic heterocycles. The number of aryl methyl sites for hydroxylation is 1. The molecule has 0 fully saturated rings. The summed E-state index contributed by atoms with van der Waals surface area (Å²) in [7, 11) is 3.10. The van der Waals surface area contributed by atoms with Crippen LogP contribution in [0.1, 0.15) is 26.2 Å². The van der Waals surface area contributed by atoms with Crippen molar-refractivity contribution in [1.29, 1.82) is 0 Å². The number of nitrogens with one attached hydrogen (secondary N) is 2. The number of carbonyl (C=O) groups is 2. The van der Waals surface area contributed by atoms with Gasteiger partial charge in [0.15, 0.2) is 11.5 Å². The standard InChI is InChI=1S/C18H24N4O5/c1-5-19-18(24)11(2)20-15(23)8-9-16-21-17(22-27-16)12-6-7-13(25-3)14(10-12)26-4/h6-7,10-11H,5,8-9H2,1-4H3,(H,19,24)(H,20,23)/t11-/m0/s1. The average molecular weight is 376 g/mol. The van der Waals surface area contributed by atoms with Crippen LogP contribution in [0.2, 0.25) is 0 Å². The Kier molecular flexibility index (Phi) is 7.16. The van der Waals surface area contributed by atoms with E-state index < -0.39 is 6.04 Å². The summed E-state index contributed by atoms with van der Waals surface area (Å²) in [4.78, 5) is 27.9. The van der Waals surface area contributed by atoms with Gasteiger partial charge in [-0.05, 0) is 32.0 Å². The first-order valence-electron chi connectivity index (χ1n) is 8.60. The number of hydrogen-bond acceptors (Lipinski definition) is 7. The van der Waals surface area contributed by atoms with E-state index in [0.717, 1.165) is 0 Å². The minimum absolute atomic E-state index is 0.136. The Morgan fingerprint density at radius 3 is 2.63 bits per heavy atom. The van der Waals surface area contributed by atoms with Crippen LogP contribution >= 0.6 is 0 Å². The second-order valence-electron chi connectivity index (χ2n) is 5.77. The summed E-state index contributed by atoms with van der Waals surface area (Å²) in [6.45, 7) is 3.96. The second-order valence-corrected chi connectivity index (χ2v) is 5.77. The van der Waals surface area contributed by atoms with Crippen molar-refractivity contribution in [3.8, 4) is 22.9 Å². The van der Waals surface area contributed by atoms with Crippen molar-refractivity contribution in [3.63, 3.8) is 0 Å². The Morgan fingerprint density at radius 2 is 1.96 bits per heavy atom. The Hall–Kier alpha value is -3.10. The first kappa shape index (κ1) is 20.2. The largest absolute Gasteiger partial charge is 0.493 e. The molecule has 0 bridgehead atoms. The number of nitrogens with zero attached hydrogens (tertiary/aromatic N) is 2. The molecule has 0 saturated carbocycles. The number of amides is 2. The van der Waals surface area contributed by atoms with Gasteiger partial charge in [-0.3, -0.25) is 9.59 Å². The summed E-state index contributed by atoms with van der Waals surface area (Å²) in [6.07, 6.45) is 0.408. The molecule has 2 rings (SSSR count). The third-order valence-corrected chi connectivity index (χ3v) is 3.80. The predicted octanol–water partition coefficient (Wildman–Crippen LogP) is 1.33. The fourth-order valence-electron chi connectivity index (χ4n) is 2.38. The number of methoxy groups -OCH3 is 2. The van der Waals surface area contributed by atoms with Gasteiger partial charge in [-0.1, -0.05) is 5.16 Å². The Bertz CT molecular complexity index is 790. The van der Waals surface area contributed by atoms with E-state index in [1.165, 1.54) is 0 Å². The van der Waals surface area contributed by atoms with Gasteiger partial charge in [0.25, 0.3) is 0 Å². The molecule has 1 aromatic carbocycles. The van der Waals surface area contributed by atoms with Crippen molar-refractivity contribution in [1.82, 2.24) is 20.8 Å². The highest BCUT2D eigenvalue weighted by atomic mass is 16.5. The van der Waals surface area contributed by atoms with Crippen molar-refractivity contribution in [3.05, 3.63) is 24.1 Å². The van der Waals surface area contributed by atoms with Crippen LogP contribution in [0.15, 0.2) is 22.7 Å². The molecule has 2 N–H and O–H groups in total. The third kappa shape index (κ3) is 5.44. The first-order valence-corrected chi connectivity index (χ1v) is 8.60. The quantitative estimate of drug-likeness (QED) is 0.678. The molecule has 0 saturated heterocycles. The van der Waals surface area contributed by atoms with Crippen molar-refractivity contribution in [2.45, 2.75) is 32.7 Å². The molecule has 1 heterocycles. The lowest BCUT2D eigenvalue weighted by molar-refractivity contribution is -0.128. The summed E-state index contributed by atoms with van der Waals surface area (Å²) in [5.74, 6) is 1.39. The second kappa shape index (κ2) is 9.56. The number of carbonyl (C=O) groups excluding carboxylic acids is 2. The SMILES string of the molecule is CCNC(=O)[C@H](C)NC(=O)CCc1nc(-c2ccc(OC)c(OC)c2)no1. The highest BCUT2D eigenvalue weighted by molar-refractivity contribution is 5.87. The summed E-state index contributed by atoms with van der Waals surface area (Å²) < 4.78 is 15.7. The zero-order chi connectivity index (χ0) is 19.8. The molecule has 0 aliphatic heterocycles. The number of likely N-dealkylation sites (N-methyl/N-ethyl adjacent to an activating group) is 1. The third-order valence-electron chi connectivity index (χ3n) is 3.80. The lowest BCUT2D eigenvalue weighted by atomic mass is 10.2. The number of ether oxygens (including phenoxy) is 2. The molecule has 0 spiro atoms. The summed E-state index contributed by atoms with van der Waals surface area (Å²) >= 11 is 0. The summed E-state index contributed by atoms with van der Waals surface area (Å²) in [5, 5.41) is 9.21. The monoisotopic (exact) mass is 376 g/mol. The number of aromatic nitrogens is 2. The lowest BCUT2D eigenvalue weighted by Crippen LogP contribution is -2.44. The van der Waals surface area contributed by atoms with Crippen LogP contribution in [0.25, 0.3) is 11.4 Å². The van der Waals surface area contributed by atoms with Gasteiger partial charge in [0, 0.05) is 24.9 Å². The van der Waals surface area contributed by atoms with Crippen LogP contribution in [0.3, 0.4) is 0 Å². The van der Waals surface area contributed by atoms with Gasteiger partial charge in [-0.2, -0.15) is 4.98 Å². The highest BCUT2D eigenvalue weighted by Crippen LogP contribution is 2.31. The van der Waals surface area contributed by atoms with Gasteiger partial charge in [-0.15, -0.1) is 0 Å². The Labute approximate surface area is 157 Å². The molecule has 0 aliphatic rings. The van der Waals surface area contributed by atoms with Crippen LogP contribution in [-0.4, -0.2) is 48.8 Å². The Morgan fingerprint density at radius 1 is 1.22 bits per heavy atom. The van der Waals surface area contributed by atoms with Gasteiger partial charge in [0.1, 0.15) is 6.04 Å². The zero-order valence-electron chi connectivity index (χ0n) is 15.9. The predicted molar refractivity (Wildman–Crippen MR) is 97.4 cm³/mol. The molecule has 0 unspecified atom stereocenters. The summed E-state index contributed by atoms with van der Waals surface area (Å²) in [5.41, 5.74) is 0.706. The van der Waals surface area contributed by atoms with Crippen molar-refractivity contribution in [2.24, 2.45) is 0 Å². The van der Waals surface area contributed by atoms with Crippen molar-refractivity contribution in [2.75, 3.05) is 20.8 Å². The molecule has 146 valence electrons. The van der Waals surface area contributed by atoms with Crippen LogP contribution in [-0.2, 0) is 16.0 Å². The Balaban J connectivity index is 1.94. The van der Waals surface area contributed by atoms with E-state index in [1.54, 1.807) is 39.3 Å². The van der Waals surface area contributed by atoms with Crippen molar-refractivity contribution >= 4 is 11.8 Å². The molecular formula is C18H24N4O5. The molecule has 9 nitrogen and oxygen atoms in total. The number of rotatable bonds is 9. The van der Waals surface area contributed by atoms with E-state index in [4.69, 9.17) is 14.0 Å². The zero-order valence-corrected chi connectivity index (χ0v) is 15.9. The van der Waals surface area contributed by atoms with Gasteiger partial charge in [0.05, 0.1) is 14.2 Å². The van der Waals surface area contributed by atoms with Crippen molar-refractivity contribution < 1.29 is 23.6 Å². The minimum Gasteiger partial charge on any atom is -0.493 e. The van der Waals surface area contributed by atoms with E-state index in [0.29, 0.717) is 35.3 Å². The summed E-state index contributed by atoms with van der Waals surface area (Å²) in [6, 6.07) is 4.69. The van der Waals surface area contributed by atoms with E-state index in [1.807, 2.05) is 6.92 Å². The topological polar surface area (TPSA) is 116 Å². The van der Waals surface area contributed by atoms with Crippen LogP contribution in [0.4, 0.5) is 0 Å².